The number of rotatable bonds is 4. The molecular weight excluding hydrogens is 302 g/mol. The Hall–Kier alpha value is -1.47. The number of ether oxygens (including phenoxy) is 1. The summed E-state index contributed by atoms with van der Waals surface area (Å²) in [6.07, 6.45) is 2.34. The third-order valence-corrected chi connectivity index (χ3v) is 4.64. The Balaban J connectivity index is 1.55. The maximum absolute atomic E-state index is 12.4. The Bertz CT molecular complexity index is 560. The predicted octanol–water partition coefficient (Wildman–Crippen LogP) is 1.67. The maximum Gasteiger partial charge on any atom is 0.229 e. The van der Waals surface area contributed by atoms with Crippen molar-refractivity contribution in [1.29, 1.82) is 0 Å². The van der Waals surface area contributed by atoms with Gasteiger partial charge >= 0.3 is 0 Å². The summed E-state index contributed by atoms with van der Waals surface area (Å²) in [7, 11) is 0. The zero-order valence-electron chi connectivity index (χ0n) is 12.9. The van der Waals surface area contributed by atoms with E-state index in [1.165, 1.54) is 11.3 Å². The van der Waals surface area contributed by atoms with Gasteiger partial charge in [0, 0.05) is 24.4 Å². The molecule has 1 saturated heterocycles. The highest BCUT2D eigenvalue weighted by Gasteiger charge is 2.30. The van der Waals surface area contributed by atoms with E-state index in [-0.39, 0.29) is 36.4 Å². The number of hydrogen-bond acceptors (Lipinski definition) is 5. The molecule has 2 fully saturated rings. The molecule has 1 aliphatic carbocycles. The van der Waals surface area contributed by atoms with Crippen molar-refractivity contribution in [1.82, 2.24) is 9.88 Å². The number of nitrogens with one attached hydrogen (secondary N) is 1. The summed E-state index contributed by atoms with van der Waals surface area (Å²) in [5.41, 5.74) is 0.716. The molecular formula is C15H21N3O3S. The summed E-state index contributed by atoms with van der Waals surface area (Å²) in [6, 6.07) is 0. The van der Waals surface area contributed by atoms with Gasteiger partial charge in [-0.05, 0) is 26.7 Å². The van der Waals surface area contributed by atoms with Crippen molar-refractivity contribution in [3.8, 4) is 0 Å². The monoisotopic (exact) mass is 323 g/mol. The van der Waals surface area contributed by atoms with E-state index in [1.807, 2.05) is 24.1 Å². The van der Waals surface area contributed by atoms with Crippen molar-refractivity contribution in [2.75, 3.05) is 18.4 Å². The largest absolute Gasteiger partial charge is 0.372 e. The molecule has 0 aromatic carbocycles. The molecule has 1 aromatic heterocycles. The second-order valence-electron chi connectivity index (χ2n) is 6.14. The maximum atomic E-state index is 12.4. The van der Waals surface area contributed by atoms with Gasteiger partial charge in [-0.25, -0.2) is 4.98 Å². The number of aromatic nitrogens is 1. The topological polar surface area (TPSA) is 71.5 Å². The molecule has 1 aromatic rings. The quantitative estimate of drug-likeness (QED) is 0.915. The lowest BCUT2D eigenvalue weighted by molar-refractivity contribution is -0.142. The normalized spacial score (nSPS) is 25.1. The molecule has 1 saturated carbocycles. The van der Waals surface area contributed by atoms with Crippen LogP contribution >= 0.6 is 11.3 Å². The van der Waals surface area contributed by atoms with E-state index in [1.54, 1.807) is 0 Å². The Morgan fingerprint density at radius 1 is 1.36 bits per heavy atom. The van der Waals surface area contributed by atoms with Crippen LogP contribution in [0.25, 0.3) is 0 Å². The van der Waals surface area contributed by atoms with Gasteiger partial charge in [-0.15, -0.1) is 11.3 Å². The van der Waals surface area contributed by atoms with E-state index < -0.39 is 0 Å². The fourth-order valence-corrected chi connectivity index (χ4v) is 3.36. The van der Waals surface area contributed by atoms with Crippen LogP contribution in [0, 0.1) is 5.92 Å². The first-order valence-corrected chi connectivity index (χ1v) is 8.57. The van der Waals surface area contributed by atoms with E-state index in [0.29, 0.717) is 23.9 Å². The standard InChI is InChI=1S/C15H21N3O3S/c1-9-6-18(7-10(2)21-9)13(19)5-12-8-22-15(16-12)17-14(20)11-3-4-11/h8-11H,3-7H2,1-2H3,(H,16,17,20)/t9-,10-/m0/s1. The van der Waals surface area contributed by atoms with Crippen LogP contribution in [0.3, 0.4) is 0 Å². The van der Waals surface area contributed by atoms with Crippen LogP contribution in [0.1, 0.15) is 32.4 Å². The first-order chi connectivity index (χ1) is 10.5. The average Bonchev–Trinajstić information content (AvgIpc) is 3.21. The van der Waals surface area contributed by atoms with Crippen LogP contribution in [0.15, 0.2) is 5.38 Å². The van der Waals surface area contributed by atoms with Crippen LogP contribution in [-0.4, -0.2) is 47.0 Å². The van der Waals surface area contributed by atoms with Crippen LogP contribution < -0.4 is 5.32 Å². The number of amides is 2. The van der Waals surface area contributed by atoms with Crippen molar-refractivity contribution < 1.29 is 14.3 Å². The molecule has 1 aliphatic heterocycles. The van der Waals surface area contributed by atoms with Gasteiger partial charge in [0.15, 0.2) is 5.13 Å². The highest BCUT2D eigenvalue weighted by atomic mass is 32.1. The van der Waals surface area contributed by atoms with E-state index in [4.69, 9.17) is 4.74 Å². The number of hydrogen-bond donors (Lipinski definition) is 1. The second-order valence-corrected chi connectivity index (χ2v) is 7.00. The van der Waals surface area contributed by atoms with Crippen molar-refractivity contribution in [3.63, 3.8) is 0 Å². The van der Waals surface area contributed by atoms with E-state index in [9.17, 15) is 9.59 Å². The first-order valence-electron chi connectivity index (χ1n) is 7.69. The Labute approximate surface area is 133 Å². The van der Waals surface area contributed by atoms with Crippen LogP contribution in [0.2, 0.25) is 0 Å². The number of anilines is 1. The van der Waals surface area contributed by atoms with Crippen molar-refractivity contribution in [2.24, 2.45) is 5.92 Å². The van der Waals surface area contributed by atoms with Crippen LogP contribution in [-0.2, 0) is 20.7 Å². The number of carbonyl (C=O) groups is 2. The molecule has 3 rings (SSSR count). The molecule has 2 heterocycles. The van der Waals surface area contributed by atoms with E-state index >= 15 is 0 Å². The third-order valence-electron chi connectivity index (χ3n) is 3.83. The van der Waals surface area contributed by atoms with Crippen LogP contribution in [0.4, 0.5) is 5.13 Å². The van der Waals surface area contributed by atoms with Gasteiger partial charge in [-0.1, -0.05) is 0 Å². The Kier molecular flexibility index (Phi) is 4.44. The number of carbonyl (C=O) groups excluding carboxylic acids is 2. The van der Waals surface area contributed by atoms with Gasteiger partial charge < -0.3 is 15.0 Å². The van der Waals surface area contributed by atoms with Gasteiger partial charge in [-0.3, -0.25) is 9.59 Å². The van der Waals surface area contributed by atoms with E-state index in [0.717, 1.165) is 12.8 Å². The molecule has 0 bridgehead atoms. The predicted molar refractivity (Wildman–Crippen MR) is 83.8 cm³/mol. The molecule has 7 heteroatoms. The molecule has 2 aliphatic rings. The van der Waals surface area contributed by atoms with Gasteiger partial charge in [0.25, 0.3) is 0 Å². The molecule has 1 N–H and O–H groups in total. The third kappa shape index (κ3) is 3.84. The highest BCUT2D eigenvalue weighted by molar-refractivity contribution is 7.13. The fourth-order valence-electron chi connectivity index (χ4n) is 2.65. The molecule has 0 unspecified atom stereocenters. The van der Waals surface area contributed by atoms with Crippen molar-refractivity contribution in [2.45, 2.75) is 45.3 Å². The van der Waals surface area contributed by atoms with Crippen LogP contribution in [0.5, 0.6) is 0 Å². The lowest BCUT2D eigenvalue weighted by atomic mass is 10.2. The Morgan fingerprint density at radius 2 is 2.05 bits per heavy atom. The lowest BCUT2D eigenvalue weighted by Crippen LogP contribution is -2.48. The Morgan fingerprint density at radius 3 is 2.68 bits per heavy atom. The molecule has 120 valence electrons. The summed E-state index contributed by atoms with van der Waals surface area (Å²) in [5, 5.41) is 5.24. The van der Waals surface area contributed by atoms with Gasteiger partial charge in [0.2, 0.25) is 11.8 Å². The van der Waals surface area contributed by atoms with Crippen molar-refractivity contribution >= 4 is 28.3 Å². The SMILES string of the molecule is C[C@H]1CN(C(=O)Cc2csc(NC(=O)C3CC3)n2)C[C@H](C)O1. The second kappa shape index (κ2) is 6.34. The summed E-state index contributed by atoms with van der Waals surface area (Å²) in [4.78, 5) is 30.2. The van der Waals surface area contributed by atoms with E-state index in [2.05, 4.69) is 10.3 Å². The summed E-state index contributed by atoms with van der Waals surface area (Å²) in [6.45, 7) is 5.20. The number of nitrogens with zero attached hydrogens (tertiary/aromatic N) is 2. The summed E-state index contributed by atoms with van der Waals surface area (Å²) < 4.78 is 5.64. The first kappa shape index (κ1) is 15.4. The lowest BCUT2D eigenvalue weighted by Gasteiger charge is -2.35. The van der Waals surface area contributed by atoms with Gasteiger partial charge in [-0.2, -0.15) is 0 Å². The molecule has 0 radical (unpaired) electrons. The zero-order chi connectivity index (χ0) is 15.7. The minimum Gasteiger partial charge on any atom is -0.372 e. The number of morpholine rings is 1. The number of thiazole rings is 1. The fraction of sp³-hybridized carbons (Fsp3) is 0.667. The van der Waals surface area contributed by atoms with Crippen molar-refractivity contribution in [3.05, 3.63) is 11.1 Å². The smallest absolute Gasteiger partial charge is 0.229 e. The molecule has 2 amide bonds. The molecule has 6 nitrogen and oxygen atoms in total. The average molecular weight is 323 g/mol. The minimum atomic E-state index is 0.0445. The van der Waals surface area contributed by atoms with Gasteiger partial charge in [0.1, 0.15) is 0 Å². The summed E-state index contributed by atoms with van der Waals surface area (Å²) in [5.74, 6) is 0.265. The molecule has 0 spiro atoms. The molecule has 22 heavy (non-hydrogen) atoms. The zero-order valence-corrected chi connectivity index (χ0v) is 13.7. The molecule has 2 atom stereocenters. The van der Waals surface area contributed by atoms with Gasteiger partial charge in [0.05, 0.1) is 24.3 Å². The highest BCUT2D eigenvalue weighted by Crippen LogP contribution is 2.30. The minimum absolute atomic E-state index is 0.0445. The summed E-state index contributed by atoms with van der Waals surface area (Å²) >= 11 is 1.37.